The van der Waals surface area contributed by atoms with E-state index in [-0.39, 0.29) is 12.4 Å². The van der Waals surface area contributed by atoms with Gasteiger partial charge in [0.15, 0.2) is 5.82 Å². The molecule has 0 aromatic carbocycles. The van der Waals surface area contributed by atoms with Crippen molar-refractivity contribution in [1.29, 1.82) is 0 Å². The van der Waals surface area contributed by atoms with Crippen LogP contribution in [0, 0.1) is 0 Å². The summed E-state index contributed by atoms with van der Waals surface area (Å²) in [6, 6.07) is 0. The minimum absolute atomic E-state index is 0.226. The van der Waals surface area contributed by atoms with Crippen molar-refractivity contribution in [3.05, 3.63) is 11.7 Å². The summed E-state index contributed by atoms with van der Waals surface area (Å²) in [4.78, 5) is 15.4. The lowest BCUT2D eigenvalue weighted by atomic mass is 10.00. The molecule has 1 aliphatic heterocycles. The van der Waals surface area contributed by atoms with Gasteiger partial charge in [0.05, 0.1) is 19.6 Å². The van der Waals surface area contributed by atoms with Gasteiger partial charge in [-0.2, -0.15) is 4.98 Å². The van der Waals surface area contributed by atoms with Crippen molar-refractivity contribution in [2.45, 2.75) is 31.7 Å². The van der Waals surface area contributed by atoms with Crippen LogP contribution in [0.25, 0.3) is 0 Å². The minimum atomic E-state index is -0.661. The number of rotatable bonds is 5. The molecule has 2 N–H and O–H groups in total. The number of hydrogen-bond acceptors (Lipinski definition) is 7. The quantitative estimate of drug-likeness (QED) is 0.747. The van der Waals surface area contributed by atoms with E-state index < -0.39 is 5.54 Å². The van der Waals surface area contributed by atoms with Crippen LogP contribution in [0.1, 0.15) is 31.5 Å². The van der Waals surface area contributed by atoms with Gasteiger partial charge in [-0.3, -0.25) is 4.79 Å². The molecule has 0 radical (unpaired) electrons. The van der Waals surface area contributed by atoms with E-state index in [0.29, 0.717) is 44.4 Å². The predicted octanol–water partition coefficient (Wildman–Crippen LogP) is 0.140. The Kier molecular flexibility index (Phi) is 3.93. The molecule has 1 aromatic heterocycles. The third kappa shape index (κ3) is 2.85. The highest BCUT2D eigenvalue weighted by molar-refractivity contribution is 5.69. The van der Waals surface area contributed by atoms with Crippen molar-refractivity contribution in [3.63, 3.8) is 0 Å². The number of nitrogens with zero attached hydrogens (tertiary/aromatic N) is 2. The van der Waals surface area contributed by atoms with Crippen molar-refractivity contribution in [2.75, 3.05) is 19.8 Å². The van der Waals surface area contributed by atoms with Gasteiger partial charge in [-0.25, -0.2) is 0 Å². The Hall–Kier alpha value is -1.47. The van der Waals surface area contributed by atoms with Crippen LogP contribution in [-0.4, -0.2) is 35.9 Å². The lowest BCUT2D eigenvalue weighted by molar-refractivity contribution is -0.143. The van der Waals surface area contributed by atoms with Gasteiger partial charge >= 0.3 is 5.97 Å². The van der Waals surface area contributed by atoms with Gasteiger partial charge in [-0.1, -0.05) is 5.16 Å². The average Bonchev–Trinajstić information content (AvgIpc) is 2.96. The van der Waals surface area contributed by atoms with Gasteiger partial charge in [-0.15, -0.1) is 0 Å². The fourth-order valence-electron chi connectivity index (χ4n) is 1.76. The van der Waals surface area contributed by atoms with E-state index in [1.807, 2.05) is 0 Å². The highest BCUT2D eigenvalue weighted by Crippen LogP contribution is 2.25. The summed E-state index contributed by atoms with van der Waals surface area (Å²) in [6.45, 7) is 3.13. The molecule has 0 amide bonds. The number of hydrogen-bond donors (Lipinski definition) is 1. The first-order chi connectivity index (χ1) is 8.64. The van der Waals surface area contributed by atoms with Crippen molar-refractivity contribution < 1.29 is 18.8 Å². The highest BCUT2D eigenvalue weighted by atomic mass is 16.5. The monoisotopic (exact) mass is 255 g/mol. The molecule has 2 rings (SSSR count). The molecule has 18 heavy (non-hydrogen) atoms. The Morgan fingerprint density at radius 1 is 1.61 bits per heavy atom. The molecule has 0 spiro atoms. The molecule has 1 saturated heterocycles. The molecule has 1 unspecified atom stereocenters. The SMILES string of the molecule is CCOC(=O)CCc1nc(C2(N)CCOC2)no1. The van der Waals surface area contributed by atoms with Crippen LogP contribution in [0.2, 0.25) is 0 Å². The first-order valence-corrected chi connectivity index (χ1v) is 5.99. The molecule has 2 heterocycles. The van der Waals surface area contributed by atoms with Gasteiger partial charge in [0.1, 0.15) is 5.54 Å². The first kappa shape index (κ1) is 13.0. The molecule has 1 aromatic rings. The van der Waals surface area contributed by atoms with Gasteiger partial charge in [0.25, 0.3) is 0 Å². The summed E-state index contributed by atoms with van der Waals surface area (Å²) >= 11 is 0. The maximum Gasteiger partial charge on any atom is 0.306 e. The van der Waals surface area contributed by atoms with E-state index >= 15 is 0 Å². The smallest absolute Gasteiger partial charge is 0.306 e. The van der Waals surface area contributed by atoms with Gasteiger partial charge in [0.2, 0.25) is 5.89 Å². The van der Waals surface area contributed by atoms with Crippen molar-refractivity contribution in [2.24, 2.45) is 5.73 Å². The maximum absolute atomic E-state index is 11.2. The fraction of sp³-hybridized carbons (Fsp3) is 0.727. The van der Waals surface area contributed by atoms with E-state index in [2.05, 4.69) is 10.1 Å². The topological polar surface area (TPSA) is 100 Å². The van der Waals surface area contributed by atoms with Crippen LogP contribution in [0.5, 0.6) is 0 Å². The fourth-order valence-corrected chi connectivity index (χ4v) is 1.76. The number of ether oxygens (including phenoxy) is 2. The number of nitrogens with two attached hydrogens (primary N) is 1. The van der Waals surface area contributed by atoms with Crippen LogP contribution >= 0.6 is 0 Å². The zero-order chi connectivity index (χ0) is 13.0. The molecule has 1 atom stereocenters. The lowest BCUT2D eigenvalue weighted by Crippen LogP contribution is -2.38. The van der Waals surface area contributed by atoms with E-state index in [0.717, 1.165) is 0 Å². The summed E-state index contributed by atoms with van der Waals surface area (Å²) in [5, 5.41) is 3.85. The van der Waals surface area contributed by atoms with Crippen molar-refractivity contribution in [3.8, 4) is 0 Å². The molecule has 7 heteroatoms. The maximum atomic E-state index is 11.2. The molecular formula is C11H17N3O4. The third-order valence-electron chi connectivity index (χ3n) is 2.81. The Labute approximate surface area is 105 Å². The number of esters is 1. The van der Waals surface area contributed by atoms with E-state index in [9.17, 15) is 4.79 Å². The van der Waals surface area contributed by atoms with Gasteiger partial charge in [-0.05, 0) is 13.3 Å². The molecule has 1 fully saturated rings. The third-order valence-corrected chi connectivity index (χ3v) is 2.81. The molecule has 7 nitrogen and oxygen atoms in total. The van der Waals surface area contributed by atoms with Crippen molar-refractivity contribution in [1.82, 2.24) is 10.1 Å². The number of aryl methyl sites for hydroxylation is 1. The Morgan fingerprint density at radius 2 is 2.44 bits per heavy atom. The van der Waals surface area contributed by atoms with Crippen LogP contribution < -0.4 is 5.73 Å². The minimum Gasteiger partial charge on any atom is -0.466 e. The number of carbonyl (C=O) groups excluding carboxylic acids is 1. The van der Waals surface area contributed by atoms with E-state index in [1.165, 1.54) is 0 Å². The van der Waals surface area contributed by atoms with Crippen LogP contribution in [0.3, 0.4) is 0 Å². The second-order valence-corrected chi connectivity index (χ2v) is 4.28. The normalized spacial score (nSPS) is 23.2. The lowest BCUT2D eigenvalue weighted by Gasteiger charge is -2.15. The summed E-state index contributed by atoms with van der Waals surface area (Å²) in [7, 11) is 0. The molecule has 0 saturated carbocycles. The standard InChI is InChI=1S/C11H17N3O4/c1-2-17-9(15)4-3-8-13-10(14-18-8)11(12)5-6-16-7-11/h2-7,12H2,1H3. The van der Waals surface area contributed by atoms with Gasteiger partial charge in [0, 0.05) is 13.0 Å². The molecule has 0 aliphatic carbocycles. The predicted molar refractivity (Wildman–Crippen MR) is 60.6 cm³/mol. The van der Waals surface area contributed by atoms with Crippen LogP contribution in [0.4, 0.5) is 0 Å². The average molecular weight is 255 g/mol. The first-order valence-electron chi connectivity index (χ1n) is 5.99. The second kappa shape index (κ2) is 5.45. The Bertz CT molecular complexity index is 412. The number of aromatic nitrogens is 2. The van der Waals surface area contributed by atoms with E-state index in [4.69, 9.17) is 19.7 Å². The van der Waals surface area contributed by atoms with E-state index in [1.54, 1.807) is 6.92 Å². The summed E-state index contributed by atoms with van der Waals surface area (Å²) in [6.07, 6.45) is 1.26. The summed E-state index contributed by atoms with van der Waals surface area (Å²) < 4.78 is 15.1. The zero-order valence-electron chi connectivity index (χ0n) is 10.3. The summed E-state index contributed by atoms with van der Waals surface area (Å²) in [5.41, 5.74) is 5.43. The molecule has 1 aliphatic rings. The Morgan fingerprint density at radius 3 is 3.11 bits per heavy atom. The van der Waals surface area contributed by atoms with Crippen molar-refractivity contribution >= 4 is 5.97 Å². The zero-order valence-corrected chi connectivity index (χ0v) is 10.3. The molecule has 100 valence electrons. The largest absolute Gasteiger partial charge is 0.466 e. The summed E-state index contributed by atoms with van der Waals surface area (Å²) in [5.74, 6) is 0.567. The van der Waals surface area contributed by atoms with Crippen LogP contribution in [-0.2, 0) is 26.2 Å². The molecular weight excluding hydrogens is 238 g/mol. The van der Waals surface area contributed by atoms with Crippen LogP contribution in [0.15, 0.2) is 4.52 Å². The van der Waals surface area contributed by atoms with Gasteiger partial charge < -0.3 is 19.7 Å². The molecule has 0 bridgehead atoms. The number of carbonyl (C=O) groups is 1. The second-order valence-electron chi connectivity index (χ2n) is 4.28. The Balaban J connectivity index is 1.92. The highest BCUT2D eigenvalue weighted by Gasteiger charge is 2.37.